The molecule has 0 aliphatic rings. The Balaban J connectivity index is 2.05. The molecule has 4 nitrogen and oxygen atoms in total. The lowest BCUT2D eigenvalue weighted by molar-refractivity contribution is 0.242. The minimum atomic E-state index is -0.0624. The first-order valence-corrected chi connectivity index (χ1v) is 7.41. The van der Waals surface area contributed by atoms with Crippen LogP contribution >= 0.6 is 11.5 Å². The average Bonchev–Trinajstić information content (AvgIpc) is 2.79. The van der Waals surface area contributed by atoms with Crippen molar-refractivity contribution in [3.05, 3.63) is 30.1 Å². The van der Waals surface area contributed by atoms with Crippen molar-refractivity contribution in [3.63, 3.8) is 0 Å². The van der Waals surface area contributed by atoms with Crippen LogP contribution in [0.5, 0.6) is 16.7 Å². The predicted molar refractivity (Wildman–Crippen MR) is 80.9 cm³/mol. The Hall–Kier alpha value is -1.62. The second-order valence-electron chi connectivity index (χ2n) is 5.87. The largest absolute Gasteiger partial charge is 0.491 e. The second kappa shape index (κ2) is 5.79. The molecule has 0 spiro atoms. The molecule has 0 atom stereocenters. The van der Waals surface area contributed by atoms with E-state index in [4.69, 9.17) is 9.47 Å². The molecule has 0 aliphatic heterocycles. The van der Waals surface area contributed by atoms with Crippen LogP contribution in [0.2, 0.25) is 0 Å². The molecule has 0 aliphatic carbocycles. The molecule has 0 radical (unpaired) electrons. The predicted octanol–water partition coefficient (Wildman–Crippen LogP) is 4.42. The zero-order valence-electron chi connectivity index (χ0n) is 12.5. The van der Waals surface area contributed by atoms with Gasteiger partial charge in [0.05, 0.1) is 6.10 Å². The number of hydrogen-bond acceptors (Lipinski definition) is 5. The van der Waals surface area contributed by atoms with Crippen molar-refractivity contribution in [2.45, 2.75) is 46.1 Å². The summed E-state index contributed by atoms with van der Waals surface area (Å²) in [5, 5.41) is 0.562. The van der Waals surface area contributed by atoms with E-state index in [0.29, 0.717) is 5.19 Å². The molecule has 1 aromatic heterocycles. The summed E-state index contributed by atoms with van der Waals surface area (Å²) in [5.41, 5.74) is -0.0624. The monoisotopic (exact) mass is 292 g/mol. The van der Waals surface area contributed by atoms with Crippen LogP contribution in [-0.2, 0) is 5.41 Å². The maximum absolute atomic E-state index is 5.70. The molecule has 108 valence electrons. The van der Waals surface area contributed by atoms with E-state index in [9.17, 15) is 0 Å². The van der Waals surface area contributed by atoms with Gasteiger partial charge in [-0.05, 0) is 38.1 Å². The van der Waals surface area contributed by atoms with Crippen LogP contribution in [0.3, 0.4) is 0 Å². The maximum atomic E-state index is 5.70. The highest BCUT2D eigenvalue weighted by Crippen LogP contribution is 2.28. The molecule has 5 heteroatoms. The third kappa shape index (κ3) is 3.93. The molecule has 2 rings (SSSR count). The summed E-state index contributed by atoms with van der Waals surface area (Å²) in [6.45, 7) is 10.2. The molecule has 1 aromatic carbocycles. The van der Waals surface area contributed by atoms with Crippen LogP contribution in [0.25, 0.3) is 0 Å². The standard InChI is InChI=1S/C15H20N2O2S/c1-10(2)18-11-6-8-12(9-7-11)19-14-16-13(17-20-14)15(3,4)5/h6-10H,1-5H3. The molecule has 20 heavy (non-hydrogen) atoms. The number of rotatable bonds is 4. The molecule has 0 fully saturated rings. The van der Waals surface area contributed by atoms with Crippen molar-refractivity contribution < 1.29 is 9.47 Å². The number of benzene rings is 1. The molecule has 0 saturated heterocycles. The Morgan fingerprint density at radius 2 is 1.65 bits per heavy atom. The second-order valence-corrected chi connectivity index (χ2v) is 6.59. The number of hydrogen-bond donors (Lipinski definition) is 0. The van der Waals surface area contributed by atoms with Crippen molar-refractivity contribution in [3.8, 4) is 16.7 Å². The van der Waals surface area contributed by atoms with Gasteiger partial charge >= 0.3 is 0 Å². The van der Waals surface area contributed by atoms with Crippen LogP contribution in [0.1, 0.15) is 40.4 Å². The molecule has 0 bridgehead atoms. The summed E-state index contributed by atoms with van der Waals surface area (Å²) in [4.78, 5) is 4.40. The lowest BCUT2D eigenvalue weighted by Gasteiger charge is -2.12. The van der Waals surface area contributed by atoms with E-state index < -0.39 is 0 Å². The van der Waals surface area contributed by atoms with Gasteiger partial charge in [-0.15, -0.1) is 0 Å². The lowest BCUT2D eigenvalue weighted by Crippen LogP contribution is -2.12. The van der Waals surface area contributed by atoms with Gasteiger partial charge in [0.25, 0.3) is 5.19 Å². The zero-order chi connectivity index (χ0) is 14.8. The highest BCUT2D eigenvalue weighted by Gasteiger charge is 2.20. The van der Waals surface area contributed by atoms with E-state index in [-0.39, 0.29) is 11.5 Å². The Morgan fingerprint density at radius 1 is 1.05 bits per heavy atom. The summed E-state index contributed by atoms with van der Waals surface area (Å²) in [5.74, 6) is 2.37. The average molecular weight is 292 g/mol. The Morgan fingerprint density at radius 3 is 2.15 bits per heavy atom. The minimum Gasteiger partial charge on any atom is -0.491 e. The fourth-order valence-corrected chi connectivity index (χ4v) is 2.25. The first-order valence-electron chi connectivity index (χ1n) is 6.63. The Bertz CT molecular complexity index is 556. The van der Waals surface area contributed by atoms with Crippen molar-refractivity contribution in [2.24, 2.45) is 0 Å². The van der Waals surface area contributed by atoms with Gasteiger partial charge in [-0.2, -0.15) is 9.36 Å². The zero-order valence-corrected chi connectivity index (χ0v) is 13.3. The summed E-state index contributed by atoms with van der Waals surface area (Å²) < 4.78 is 15.6. The molecule has 2 aromatic rings. The summed E-state index contributed by atoms with van der Waals surface area (Å²) in [6, 6.07) is 7.52. The van der Waals surface area contributed by atoms with Gasteiger partial charge in [-0.3, -0.25) is 0 Å². The fourth-order valence-electron chi connectivity index (χ4n) is 1.51. The van der Waals surface area contributed by atoms with E-state index in [0.717, 1.165) is 17.3 Å². The van der Waals surface area contributed by atoms with Crippen LogP contribution in [0.4, 0.5) is 0 Å². The van der Waals surface area contributed by atoms with Crippen LogP contribution < -0.4 is 9.47 Å². The Kier molecular flexibility index (Phi) is 4.28. The van der Waals surface area contributed by atoms with E-state index in [2.05, 4.69) is 30.1 Å². The highest BCUT2D eigenvalue weighted by molar-refractivity contribution is 7.07. The van der Waals surface area contributed by atoms with E-state index >= 15 is 0 Å². The van der Waals surface area contributed by atoms with Gasteiger partial charge in [-0.25, -0.2) is 0 Å². The molecule has 1 heterocycles. The molecular weight excluding hydrogens is 272 g/mol. The van der Waals surface area contributed by atoms with Gasteiger partial charge in [0.1, 0.15) is 11.5 Å². The van der Waals surface area contributed by atoms with Crippen molar-refractivity contribution >= 4 is 11.5 Å². The third-order valence-electron chi connectivity index (χ3n) is 2.48. The van der Waals surface area contributed by atoms with Crippen LogP contribution in [-0.4, -0.2) is 15.5 Å². The van der Waals surface area contributed by atoms with Gasteiger partial charge in [-0.1, -0.05) is 20.8 Å². The van der Waals surface area contributed by atoms with Crippen molar-refractivity contribution in [1.82, 2.24) is 9.36 Å². The quantitative estimate of drug-likeness (QED) is 0.837. The highest BCUT2D eigenvalue weighted by atomic mass is 32.1. The molecular formula is C15H20N2O2S. The van der Waals surface area contributed by atoms with Gasteiger partial charge in [0.2, 0.25) is 0 Å². The first-order chi connectivity index (χ1) is 9.34. The number of nitrogens with zero attached hydrogens (tertiary/aromatic N) is 2. The van der Waals surface area contributed by atoms with Crippen LogP contribution in [0, 0.1) is 0 Å². The molecule has 0 N–H and O–H groups in total. The maximum Gasteiger partial charge on any atom is 0.298 e. The fraction of sp³-hybridized carbons (Fsp3) is 0.467. The summed E-state index contributed by atoms with van der Waals surface area (Å²) in [6.07, 6.45) is 0.166. The number of aromatic nitrogens is 2. The minimum absolute atomic E-state index is 0.0624. The molecule has 0 unspecified atom stereocenters. The van der Waals surface area contributed by atoms with E-state index in [1.165, 1.54) is 11.5 Å². The first kappa shape index (κ1) is 14.8. The topological polar surface area (TPSA) is 44.2 Å². The molecule has 0 saturated carbocycles. The van der Waals surface area contributed by atoms with Gasteiger partial charge in [0.15, 0.2) is 5.82 Å². The Labute approximate surface area is 123 Å². The smallest absolute Gasteiger partial charge is 0.298 e. The normalized spacial score (nSPS) is 11.7. The summed E-state index contributed by atoms with van der Waals surface area (Å²) >= 11 is 1.27. The van der Waals surface area contributed by atoms with Gasteiger partial charge < -0.3 is 9.47 Å². The lowest BCUT2D eigenvalue weighted by atomic mass is 9.96. The van der Waals surface area contributed by atoms with Crippen molar-refractivity contribution in [1.29, 1.82) is 0 Å². The van der Waals surface area contributed by atoms with E-state index in [1.807, 2.05) is 38.1 Å². The molecule has 0 amide bonds. The van der Waals surface area contributed by atoms with Crippen molar-refractivity contribution in [2.75, 3.05) is 0 Å². The number of ether oxygens (including phenoxy) is 2. The van der Waals surface area contributed by atoms with Gasteiger partial charge in [0, 0.05) is 16.9 Å². The summed E-state index contributed by atoms with van der Waals surface area (Å²) in [7, 11) is 0. The van der Waals surface area contributed by atoms with E-state index in [1.54, 1.807) is 0 Å². The SMILES string of the molecule is CC(C)Oc1ccc(Oc2nc(C(C)(C)C)ns2)cc1. The third-order valence-corrected chi connectivity index (χ3v) is 3.07. The van der Waals surface area contributed by atoms with Crippen LogP contribution in [0.15, 0.2) is 24.3 Å².